The van der Waals surface area contributed by atoms with Gasteiger partial charge in [-0.25, -0.2) is 0 Å². The summed E-state index contributed by atoms with van der Waals surface area (Å²) in [6, 6.07) is 3.66. The lowest BCUT2D eigenvalue weighted by Gasteiger charge is -2.23. The molecule has 0 radical (unpaired) electrons. The van der Waals surface area contributed by atoms with Gasteiger partial charge in [-0.15, -0.1) is 0 Å². The van der Waals surface area contributed by atoms with Crippen LogP contribution in [0.1, 0.15) is 36.2 Å². The Labute approximate surface area is 111 Å². The van der Waals surface area contributed by atoms with Gasteiger partial charge < -0.3 is 15.0 Å². The number of carboxylic acid groups (broad SMARTS) is 1. The third kappa shape index (κ3) is 2.37. The van der Waals surface area contributed by atoms with Crippen molar-refractivity contribution in [2.45, 2.75) is 38.3 Å². The molecular weight excluding hydrogens is 244 g/mol. The Balaban J connectivity index is 1.67. The molecule has 19 heavy (non-hydrogen) atoms. The highest BCUT2D eigenvalue weighted by atomic mass is 16.4. The summed E-state index contributed by atoms with van der Waals surface area (Å²) in [5.74, 6) is 0.312. The number of aromatic nitrogens is 1. The molecule has 5 heteroatoms. The molecule has 1 aromatic rings. The Morgan fingerprint density at radius 1 is 1.37 bits per heavy atom. The van der Waals surface area contributed by atoms with E-state index in [1.807, 2.05) is 0 Å². The van der Waals surface area contributed by atoms with Gasteiger partial charge in [0.1, 0.15) is 12.2 Å². The van der Waals surface area contributed by atoms with Crippen molar-refractivity contribution in [2.75, 3.05) is 0 Å². The number of carbonyl (C=O) groups is 2. The van der Waals surface area contributed by atoms with Crippen molar-refractivity contribution >= 4 is 11.9 Å². The number of carboxylic acids is 1. The van der Waals surface area contributed by atoms with Gasteiger partial charge in [-0.05, 0) is 43.2 Å². The molecule has 2 aliphatic rings. The van der Waals surface area contributed by atoms with Crippen LogP contribution in [-0.4, -0.2) is 27.6 Å². The first-order chi connectivity index (χ1) is 9.13. The number of hydrogen-bond acceptors (Lipinski definition) is 2. The molecule has 3 rings (SSSR count). The maximum Gasteiger partial charge on any atom is 0.323 e. The van der Waals surface area contributed by atoms with Crippen LogP contribution in [0.2, 0.25) is 0 Å². The highest BCUT2D eigenvalue weighted by molar-refractivity contribution is 5.93. The first kappa shape index (κ1) is 12.3. The van der Waals surface area contributed by atoms with Gasteiger partial charge in [0, 0.05) is 12.2 Å². The fourth-order valence-electron chi connectivity index (χ4n) is 3.57. The zero-order valence-electron chi connectivity index (χ0n) is 10.7. The van der Waals surface area contributed by atoms with Crippen molar-refractivity contribution in [2.24, 2.45) is 11.8 Å². The second-order valence-corrected chi connectivity index (χ2v) is 5.67. The SMILES string of the molecule is O=C(O)Cn1cccc1C(=O)NC1CC2CCC1C2. The second kappa shape index (κ2) is 4.72. The quantitative estimate of drug-likeness (QED) is 0.863. The van der Waals surface area contributed by atoms with Crippen molar-refractivity contribution in [3.63, 3.8) is 0 Å². The molecular formula is C14H18N2O3. The van der Waals surface area contributed by atoms with Crippen LogP contribution >= 0.6 is 0 Å². The summed E-state index contributed by atoms with van der Waals surface area (Å²) in [4.78, 5) is 23.0. The van der Waals surface area contributed by atoms with E-state index >= 15 is 0 Å². The van der Waals surface area contributed by atoms with Crippen LogP contribution in [0.25, 0.3) is 0 Å². The average Bonchev–Trinajstić information content (AvgIpc) is 3.03. The highest BCUT2D eigenvalue weighted by Crippen LogP contribution is 2.44. The van der Waals surface area contributed by atoms with Gasteiger partial charge in [0.15, 0.2) is 0 Å². The zero-order valence-corrected chi connectivity index (χ0v) is 10.7. The fraction of sp³-hybridized carbons (Fsp3) is 0.571. The summed E-state index contributed by atoms with van der Waals surface area (Å²) in [6.07, 6.45) is 6.46. The van der Waals surface area contributed by atoms with Crippen molar-refractivity contribution in [3.8, 4) is 0 Å². The van der Waals surface area contributed by atoms with Crippen molar-refractivity contribution < 1.29 is 14.7 Å². The molecule has 3 atom stereocenters. The molecule has 2 fully saturated rings. The first-order valence-corrected chi connectivity index (χ1v) is 6.81. The Morgan fingerprint density at radius 3 is 2.84 bits per heavy atom. The normalized spacial score (nSPS) is 28.5. The number of nitrogens with zero attached hydrogens (tertiary/aromatic N) is 1. The lowest BCUT2D eigenvalue weighted by Crippen LogP contribution is -2.39. The Bertz CT molecular complexity index is 509. The molecule has 2 N–H and O–H groups in total. The van der Waals surface area contributed by atoms with Crippen molar-refractivity contribution in [1.82, 2.24) is 9.88 Å². The summed E-state index contributed by atoms with van der Waals surface area (Å²) in [6.45, 7) is -0.174. The molecule has 5 nitrogen and oxygen atoms in total. The third-order valence-corrected chi connectivity index (χ3v) is 4.42. The number of hydrogen-bond donors (Lipinski definition) is 2. The predicted octanol–water partition coefficient (Wildman–Crippen LogP) is 1.49. The Kier molecular flexibility index (Phi) is 3.05. The van der Waals surface area contributed by atoms with Crippen molar-refractivity contribution in [1.29, 1.82) is 0 Å². The standard InChI is InChI=1S/C14H18N2O3/c17-13(18)8-16-5-1-2-12(16)14(19)15-11-7-9-3-4-10(11)6-9/h1-2,5,9-11H,3-4,6-8H2,(H,15,19)(H,17,18). The monoisotopic (exact) mass is 262 g/mol. The van der Waals surface area contributed by atoms with Crippen molar-refractivity contribution in [3.05, 3.63) is 24.0 Å². The van der Waals surface area contributed by atoms with E-state index < -0.39 is 5.97 Å². The van der Waals surface area contributed by atoms with E-state index in [1.54, 1.807) is 18.3 Å². The predicted molar refractivity (Wildman–Crippen MR) is 68.8 cm³/mol. The average molecular weight is 262 g/mol. The Hall–Kier alpha value is -1.78. The fourth-order valence-corrected chi connectivity index (χ4v) is 3.57. The summed E-state index contributed by atoms with van der Waals surface area (Å²) in [5.41, 5.74) is 0.435. The van der Waals surface area contributed by atoms with E-state index in [9.17, 15) is 9.59 Å². The van der Waals surface area contributed by atoms with E-state index in [-0.39, 0.29) is 18.5 Å². The second-order valence-electron chi connectivity index (χ2n) is 5.67. The number of nitrogens with one attached hydrogen (secondary N) is 1. The molecule has 2 bridgehead atoms. The van der Waals surface area contributed by atoms with Crippen LogP contribution in [0.4, 0.5) is 0 Å². The molecule has 2 saturated carbocycles. The van der Waals surface area contributed by atoms with Gasteiger partial charge in [-0.2, -0.15) is 0 Å². The minimum absolute atomic E-state index is 0.149. The van der Waals surface area contributed by atoms with Crippen LogP contribution in [-0.2, 0) is 11.3 Å². The molecule has 102 valence electrons. The van der Waals surface area contributed by atoms with E-state index in [1.165, 1.54) is 23.8 Å². The third-order valence-electron chi connectivity index (χ3n) is 4.42. The molecule has 1 aromatic heterocycles. The van der Waals surface area contributed by atoms with Crippen LogP contribution in [0, 0.1) is 11.8 Å². The largest absolute Gasteiger partial charge is 0.480 e. The van der Waals surface area contributed by atoms with E-state index in [2.05, 4.69) is 5.32 Å². The lowest BCUT2D eigenvalue weighted by molar-refractivity contribution is -0.137. The molecule has 1 heterocycles. The smallest absolute Gasteiger partial charge is 0.323 e. The van der Waals surface area contributed by atoms with Crippen LogP contribution in [0.5, 0.6) is 0 Å². The van der Waals surface area contributed by atoms with Crippen LogP contribution < -0.4 is 5.32 Å². The summed E-state index contributed by atoms with van der Waals surface area (Å²) in [7, 11) is 0. The van der Waals surface area contributed by atoms with Gasteiger partial charge in [-0.3, -0.25) is 9.59 Å². The maximum absolute atomic E-state index is 12.2. The summed E-state index contributed by atoms with van der Waals surface area (Å²) < 4.78 is 1.48. The topological polar surface area (TPSA) is 71.3 Å². The molecule has 3 unspecified atom stereocenters. The highest BCUT2D eigenvalue weighted by Gasteiger charge is 2.40. The van der Waals surface area contributed by atoms with Gasteiger partial charge in [0.2, 0.25) is 0 Å². The van der Waals surface area contributed by atoms with Gasteiger partial charge in [0.25, 0.3) is 5.91 Å². The molecule has 0 aromatic carbocycles. The molecule has 0 aliphatic heterocycles. The lowest BCUT2D eigenvalue weighted by atomic mass is 9.95. The van der Waals surface area contributed by atoms with Crippen LogP contribution in [0.3, 0.4) is 0 Å². The van der Waals surface area contributed by atoms with E-state index in [4.69, 9.17) is 5.11 Å². The zero-order chi connectivity index (χ0) is 13.4. The minimum Gasteiger partial charge on any atom is -0.480 e. The Morgan fingerprint density at radius 2 is 2.21 bits per heavy atom. The maximum atomic E-state index is 12.2. The van der Waals surface area contributed by atoms with Crippen LogP contribution in [0.15, 0.2) is 18.3 Å². The van der Waals surface area contributed by atoms with E-state index in [0.717, 1.165) is 12.3 Å². The number of carbonyl (C=O) groups excluding carboxylic acids is 1. The summed E-state index contributed by atoms with van der Waals surface area (Å²) in [5, 5.41) is 11.9. The number of amides is 1. The van der Waals surface area contributed by atoms with Gasteiger partial charge in [-0.1, -0.05) is 6.42 Å². The van der Waals surface area contributed by atoms with Gasteiger partial charge >= 0.3 is 5.97 Å². The molecule has 1 amide bonds. The molecule has 0 saturated heterocycles. The molecule has 0 spiro atoms. The summed E-state index contributed by atoms with van der Waals surface area (Å²) >= 11 is 0. The minimum atomic E-state index is -0.940. The molecule has 2 aliphatic carbocycles. The van der Waals surface area contributed by atoms with Gasteiger partial charge in [0.05, 0.1) is 0 Å². The first-order valence-electron chi connectivity index (χ1n) is 6.81. The van der Waals surface area contributed by atoms with E-state index in [0.29, 0.717) is 11.6 Å². The number of fused-ring (bicyclic) bond motifs is 2. The number of rotatable bonds is 4. The number of aliphatic carboxylic acids is 1.